The van der Waals surface area contributed by atoms with Crippen molar-refractivity contribution >= 4 is 60.7 Å². The molecule has 0 bridgehead atoms. The van der Waals surface area contributed by atoms with E-state index in [0.717, 1.165) is 56.1 Å². The van der Waals surface area contributed by atoms with Crippen LogP contribution >= 0.6 is 0 Å². The Morgan fingerprint density at radius 2 is 1.16 bits per heavy atom. The molecule has 0 aliphatic heterocycles. The van der Waals surface area contributed by atoms with Gasteiger partial charge in [-0.2, -0.15) is 0 Å². The number of benzene rings is 8. The summed E-state index contributed by atoms with van der Waals surface area (Å²) in [5, 5.41) is 4.86. The van der Waals surface area contributed by atoms with Crippen LogP contribution < -0.4 is 4.90 Å². The van der Waals surface area contributed by atoms with Crippen LogP contribution in [0.4, 0.5) is 17.1 Å². The fourth-order valence-electron chi connectivity index (χ4n) is 7.50. The minimum absolute atomic E-state index is 0.598. The predicted octanol–water partition coefficient (Wildman–Crippen LogP) is 12.9. The van der Waals surface area contributed by atoms with Gasteiger partial charge in [-0.1, -0.05) is 133 Å². The normalized spacial score (nSPS) is 11.5. The van der Waals surface area contributed by atoms with Gasteiger partial charge >= 0.3 is 0 Å². The topological polar surface area (TPSA) is 34.2 Å². The van der Waals surface area contributed by atoms with E-state index in [-0.39, 0.29) is 0 Å². The van der Waals surface area contributed by atoms with Gasteiger partial charge in [0, 0.05) is 38.7 Å². The summed E-state index contributed by atoms with van der Waals surface area (Å²) in [6, 6.07) is 66.2. The molecule has 0 unspecified atom stereocenters. The van der Waals surface area contributed by atoms with Crippen molar-refractivity contribution in [3.05, 3.63) is 188 Å². The van der Waals surface area contributed by atoms with E-state index in [1.165, 1.54) is 27.1 Å². The van der Waals surface area contributed by atoms with Crippen molar-refractivity contribution in [1.29, 1.82) is 0 Å². The third-order valence-electron chi connectivity index (χ3n) is 9.79. The van der Waals surface area contributed by atoms with E-state index in [1.807, 2.05) is 36.4 Å². The zero-order valence-corrected chi connectivity index (χ0v) is 27.6. The molecule has 240 valence electrons. The van der Waals surface area contributed by atoms with E-state index in [4.69, 9.17) is 9.40 Å². The first-order valence-corrected chi connectivity index (χ1v) is 17.2. The van der Waals surface area contributed by atoms with Gasteiger partial charge in [0.2, 0.25) is 5.89 Å². The zero-order valence-electron chi connectivity index (χ0n) is 27.6. The highest BCUT2D eigenvalue weighted by Gasteiger charge is 2.24. The smallest absolute Gasteiger partial charge is 0.227 e. The summed E-state index contributed by atoms with van der Waals surface area (Å²) >= 11 is 0. The van der Waals surface area contributed by atoms with Crippen LogP contribution in [0, 0.1) is 0 Å². The molecule has 8 aromatic carbocycles. The van der Waals surface area contributed by atoms with Gasteiger partial charge in [0.05, 0.1) is 22.4 Å². The molecule has 0 saturated heterocycles. The Morgan fingerprint density at radius 1 is 0.490 bits per heavy atom. The van der Waals surface area contributed by atoms with Gasteiger partial charge in [0.1, 0.15) is 5.52 Å². The van der Waals surface area contributed by atoms with Gasteiger partial charge in [-0.15, -0.1) is 0 Å². The standard InChI is InChI=1S/C47H31N3O/c1-4-15-32(16-5-1)37-22-12-13-25-42(37)49(43-26-14-24-41-46(43)51-47(48-41)34-18-6-2-7-19-34)36-28-30-39-40-29-27-33-17-10-11-23-38(33)45(40)50(44(39)31-36)35-20-8-3-9-21-35/h1-31H. The van der Waals surface area contributed by atoms with Crippen molar-refractivity contribution in [1.82, 2.24) is 9.55 Å². The lowest BCUT2D eigenvalue weighted by atomic mass is 10.0. The Morgan fingerprint density at radius 3 is 1.98 bits per heavy atom. The van der Waals surface area contributed by atoms with Crippen molar-refractivity contribution in [2.24, 2.45) is 0 Å². The number of hydrogen-bond donors (Lipinski definition) is 0. The maximum atomic E-state index is 6.67. The summed E-state index contributed by atoms with van der Waals surface area (Å²) in [6.07, 6.45) is 0. The Hall–Kier alpha value is -6.91. The average molecular weight is 654 g/mol. The van der Waals surface area contributed by atoms with E-state index >= 15 is 0 Å². The third-order valence-corrected chi connectivity index (χ3v) is 9.79. The van der Waals surface area contributed by atoms with E-state index in [2.05, 4.69) is 161 Å². The molecule has 2 heterocycles. The fraction of sp³-hybridized carbons (Fsp3) is 0. The molecular weight excluding hydrogens is 623 g/mol. The SMILES string of the molecule is c1ccc(-c2nc3cccc(N(c4ccc5c6ccc7ccccc7c6n(-c6ccccc6)c5c4)c4ccccc4-c4ccccc4)c3o2)cc1. The Labute approximate surface area is 295 Å². The highest BCUT2D eigenvalue weighted by atomic mass is 16.3. The number of fused-ring (bicyclic) bond motifs is 6. The van der Waals surface area contributed by atoms with Crippen LogP contribution in [0.3, 0.4) is 0 Å². The monoisotopic (exact) mass is 653 g/mol. The summed E-state index contributed by atoms with van der Waals surface area (Å²) < 4.78 is 9.09. The minimum atomic E-state index is 0.598. The second kappa shape index (κ2) is 11.9. The van der Waals surface area contributed by atoms with Crippen molar-refractivity contribution in [3.63, 3.8) is 0 Å². The maximum Gasteiger partial charge on any atom is 0.227 e. The second-order valence-electron chi connectivity index (χ2n) is 12.8. The Kier molecular flexibility index (Phi) is 6.78. The van der Waals surface area contributed by atoms with Gasteiger partial charge in [-0.05, 0) is 65.5 Å². The van der Waals surface area contributed by atoms with Crippen LogP contribution in [0.15, 0.2) is 192 Å². The van der Waals surface area contributed by atoms with Crippen LogP contribution in [0.1, 0.15) is 0 Å². The molecule has 0 saturated carbocycles. The maximum absolute atomic E-state index is 6.67. The first-order chi connectivity index (χ1) is 25.3. The summed E-state index contributed by atoms with van der Waals surface area (Å²) in [5.41, 5.74) is 11.2. The average Bonchev–Trinajstić information content (AvgIpc) is 3.80. The molecule has 10 aromatic rings. The van der Waals surface area contributed by atoms with Gasteiger partial charge < -0.3 is 13.9 Å². The molecule has 51 heavy (non-hydrogen) atoms. The number of aromatic nitrogens is 2. The van der Waals surface area contributed by atoms with Crippen LogP contribution in [0.5, 0.6) is 0 Å². The third kappa shape index (κ3) is 4.80. The summed E-state index contributed by atoms with van der Waals surface area (Å²) in [6.45, 7) is 0. The molecule has 0 N–H and O–H groups in total. The lowest BCUT2D eigenvalue weighted by molar-refractivity contribution is 0.620. The number of rotatable bonds is 6. The van der Waals surface area contributed by atoms with E-state index < -0.39 is 0 Å². The van der Waals surface area contributed by atoms with Gasteiger partial charge in [0.15, 0.2) is 5.58 Å². The Bertz CT molecular complexity index is 2850. The molecule has 0 spiro atoms. The zero-order chi connectivity index (χ0) is 33.7. The first-order valence-electron chi connectivity index (χ1n) is 17.2. The van der Waals surface area contributed by atoms with Crippen LogP contribution in [-0.4, -0.2) is 9.55 Å². The molecule has 10 rings (SSSR count). The van der Waals surface area contributed by atoms with Crippen molar-refractivity contribution < 1.29 is 4.42 Å². The molecular formula is C47H31N3O. The molecule has 0 aliphatic carbocycles. The van der Waals surface area contributed by atoms with Crippen molar-refractivity contribution in [2.75, 3.05) is 4.90 Å². The number of oxazole rings is 1. The van der Waals surface area contributed by atoms with Crippen LogP contribution in [0.25, 0.3) is 71.9 Å². The Balaban J connectivity index is 1.29. The van der Waals surface area contributed by atoms with E-state index in [1.54, 1.807) is 0 Å². The molecule has 0 radical (unpaired) electrons. The first kappa shape index (κ1) is 29.0. The van der Waals surface area contributed by atoms with Crippen molar-refractivity contribution in [2.45, 2.75) is 0 Å². The highest BCUT2D eigenvalue weighted by molar-refractivity contribution is 6.19. The summed E-state index contributed by atoms with van der Waals surface area (Å²) in [5.74, 6) is 0.598. The number of anilines is 3. The molecule has 0 amide bonds. The molecule has 4 nitrogen and oxygen atoms in total. The quantitative estimate of drug-likeness (QED) is 0.179. The minimum Gasteiger partial charge on any atom is -0.434 e. The van der Waals surface area contributed by atoms with Gasteiger partial charge in [-0.3, -0.25) is 0 Å². The fourth-order valence-corrected chi connectivity index (χ4v) is 7.50. The molecule has 0 atom stereocenters. The number of para-hydroxylation sites is 3. The molecule has 0 aliphatic rings. The van der Waals surface area contributed by atoms with Crippen LogP contribution in [0.2, 0.25) is 0 Å². The van der Waals surface area contributed by atoms with Gasteiger partial charge in [-0.25, -0.2) is 4.98 Å². The highest BCUT2D eigenvalue weighted by Crippen LogP contribution is 2.46. The van der Waals surface area contributed by atoms with Crippen molar-refractivity contribution in [3.8, 4) is 28.3 Å². The molecule has 2 aromatic heterocycles. The summed E-state index contributed by atoms with van der Waals surface area (Å²) in [7, 11) is 0. The largest absolute Gasteiger partial charge is 0.434 e. The molecule has 4 heteroatoms. The lowest BCUT2D eigenvalue weighted by Gasteiger charge is -2.28. The second-order valence-corrected chi connectivity index (χ2v) is 12.8. The summed E-state index contributed by atoms with van der Waals surface area (Å²) in [4.78, 5) is 7.29. The number of hydrogen-bond acceptors (Lipinski definition) is 3. The van der Waals surface area contributed by atoms with E-state index in [0.29, 0.717) is 5.89 Å². The molecule has 0 fully saturated rings. The van der Waals surface area contributed by atoms with Crippen LogP contribution in [-0.2, 0) is 0 Å². The lowest BCUT2D eigenvalue weighted by Crippen LogP contribution is -2.11. The van der Waals surface area contributed by atoms with E-state index in [9.17, 15) is 0 Å². The van der Waals surface area contributed by atoms with Gasteiger partial charge in [0.25, 0.3) is 0 Å². The number of nitrogens with zero attached hydrogens (tertiary/aromatic N) is 3. The predicted molar refractivity (Wildman–Crippen MR) is 211 cm³/mol.